The quantitative estimate of drug-likeness (QED) is 0.721. The van der Waals surface area contributed by atoms with Gasteiger partial charge in [0.2, 0.25) is 0 Å². The maximum absolute atomic E-state index is 13.7. The standard InChI is InChI=1S/C13H9F2N/c14-9-5-6-10(15)12-11(9)7-3-1-2-4-8(7)13(12)16/h1-6,13H,16H2. The maximum atomic E-state index is 13.7. The Labute approximate surface area is 91.5 Å². The average molecular weight is 217 g/mol. The summed E-state index contributed by atoms with van der Waals surface area (Å²) in [5, 5.41) is 0. The predicted molar refractivity (Wildman–Crippen MR) is 57.8 cm³/mol. The topological polar surface area (TPSA) is 26.0 Å². The second-order valence-corrected chi connectivity index (χ2v) is 3.88. The summed E-state index contributed by atoms with van der Waals surface area (Å²) >= 11 is 0. The lowest BCUT2D eigenvalue weighted by molar-refractivity contribution is 0.585. The van der Waals surface area contributed by atoms with Gasteiger partial charge in [0.1, 0.15) is 11.6 Å². The molecule has 0 fully saturated rings. The highest BCUT2D eigenvalue weighted by Crippen LogP contribution is 2.44. The van der Waals surface area contributed by atoms with E-state index in [0.717, 1.165) is 17.7 Å². The summed E-state index contributed by atoms with van der Waals surface area (Å²) in [6.45, 7) is 0. The molecule has 0 saturated carbocycles. The van der Waals surface area contributed by atoms with Crippen molar-refractivity contribution in [3.8, 4) is 11.1 Å². The van der Waals surface area contributed by atoms with E-state index in [-0.39, 0.29) is 5.56 Å². The first-order valence-corrected chi connectivity index (χ1v) is 5.03. The van der Waals surface area contributed by atoms with Gasteiger partial charge in [0, 0.05) is 11.1 Å². The predicted octanol–water partition coefficient (Wildman–Crippen LogP) is 2.99. The SMILES string of the molecule is NC1c2ccccc2-c2c(F)ccc(F)c21. The molecule has 2 aromatic rings. The van der Waals surface area contributed by atoms with Crippen LogP contribution in [0.4, 0.5) is 8.78 Å². The summed E-state index contributed by atoms with van der Waals surface area (Å²) in [4.78, 5) is 0. The number of rotatable bonds is 0. The molecule has 16 heavy (non-hydrogen) atoms. The lowest BCUT2D eigenvalue weighted by Gasteiger charge is -2.07. The molecule has 3 rings (SSSR count). The van der Waals surface area contributed by atoms with E-state index >= 15 is 0 Å². The van der Waals surface area contributed by atoms with E-state index < -0.39 is 17.7 Å². The highest BCUT2D eigenvalue weighted by Gasteiger charge is 2.30. The molecule has 80 valence electrons. The van der Waals surface area contributed by atoms with Crippen LogP contribution in [0, 0.1) is 11.6 Å². The van der Waals surface area contributed by atoms with E-state index in [9.17, 15) is 8.78 Å². The van der Waals surface area contributed by atoms with E-state index in [1.807, 2.05) is 6.07 Å². The van der Waals surface area contributed by atoms with Crippen LogP contribution in [0.2, 0.25) is 0 Å². The smallest absolute Gasteiger partial charge is 0.131 e. The average Bonchev–Trinajstić information content (AvgIpc) is 2.60. The monoisotopic (exact) mass is 217 g/mol. The molecule has 0 spiro atoms. The van der Waals surface area contributed by atoms with E-state index in [1.165, 1.54) is 0 Å². The number of fused-ring (bicyclic) bond motifs is 3. The molecule has 0 bridgehead atoms. The largest absolute Gasteiger partial charge is 0.320 e. The second kappa shape index (κ2) is 3.12. The van der Waals surface area contributed by atoms with Gasteiger partial charge in [-0.1, -0.05) is 24.3 Å². The van der Waals surface area contributed by atoms with Gasteiger partial charge in [-0.05, 0) is 23.3 Å². The summed E-state index contributed by atoms with van der Waals surface area (Å²) in [6.07, 6.45) is 0. The Morgan fingerprint density at radius 3 is 2.44 bits per heavy atom. The Hall–Kier alpha value is -1.74. The van der Waals surface area contributed by atoms with Crippen molar-refractivity contribution in [2.24, 2.45) is 5.73 Å². The molecule has 0 aliphatic heterocycles. The molecular formula is C13H9F2N. The molecule has 1 aliphatic rings. The Balaban J connectivity index is 2.42. The summed E-state index contributed by atoms with van der Waals surface area (Å²) in [5.74, 6) is -0.864. The third-order valence-electron chi connectivity index (χ3n) is 3.02. The fourth-order valence-electron chi connectivity index (χ4n) is 2.30. The first-order valence-electron chi connectivity index (χ1n) is 5.03. The highest BCUT2D eigenvalue weighted by atomic mass is 19.1. The van der Waals surface area contributed by atoms with Crippen molar-refractivity contribution in [1.82, 2.24) is 0 Å². The van der Waals surface area contributed by atoms with Crippen molar-refractivity contribution in [2.45, 2.75) is 6.04 Å². The zero-order valence-corrected chi connectivity index (χ0v) is 8.37. The van der Waals surface area contributed by atoms with Crippen molar-refractivity contribution >= 4 is 0 Å². The van der Waals surface area contributed by atoms with Crippen LogP contribution in [0.3, 0.4) is 0 Å². The zero-order chi connectivity index (χ0) is 11.3. The van der Waals surface area contributed by atoms with Gasteiger partial charge < -0.3 is 5.73 Å². The number of hydrogen-bond donors (Lipinski definition) is 1. The molecule has 3 heteroatoms. The normalized spacial score (nSPS) is 17.1. The van der Waals surface area contributed by atoms with Crippen LogP contribution in [0.5, 0.6) is 0 Å². The fourth-order valence-corrected chi connectivity index (χ4v) is 2.30. The Kier molecular flexibility index (Phi) is 1.85. The van der Waals surface area contributed by atoms with Gasteiger partial charge in [-0.3, -0.25) is 0 Å². The van der Waals surface area contributed by atoms with Gasteiger partial charge in [-0.2, -0.15) is 0 Å². The number of benzene rings is 2. The van der Waals surface area contributed by atoms with Gasteiger partial charge in [0.15, 0.2) is 0 Å². The molecule has 1 atom stereocenters. The molecular weight excluding hydrogens is 208 g/mol. The number of halogens is 2. The van der Waals surface area contributed by atoms with Gasteiger partial charge in [0.05, 0.1) is 6.04 Å². The molecule has 0 radical (unpaired) electrons. The summed E-state index contributed by atoms with van der Waals surface area (Å²) in [7, 11) is 0. The highest BCUT2D eigenvalue weighted by molar-refractivity contribution is 5.79. The van der Waals surface area contributed by atoms with Crippen molar-refractivity contribution in [3.05, 3.63) is 59.2 Å². The molecule has 0 aromatic heterocycles. The van der Waals surface area contributed by atoms with Gasteiger partial charge in [-0.15, -0.1) is 0 Å². The number of hydrogen-bond acceptors (Lipinski definition) is 1. The van der Waals surface area contributed by atoms with Crippen LogP contribution in [-0.2, 0) is 0 Å². The summed E-state index contributed by atoms with van der Waals surface area (Å²) in [5.41, 5.74) is 7.97. The maximum Gasteiger partial charge on any atom is 0.131 e. The molecule has 1 aliphatic carbocycles. The van der Waals surface area contributed by atoms with E-state index in [2.05, 4.69) is 0 Å². The molecule has 0 amide bonds. The molecule has 1 unspecified atom stereocenters. The molecule has 1 nitrogen and oxygen atoms in total. The molecule has 0 heterocycles. The third-order valence-corrected chi connectivity index (χ3v) is 3.02. The van der Waals surface area contributed by atoms with Crippen LogP contribution >= 0.6 is 0 Å². The lowest BCUT2D eigenvalue weighted by Crippen LogP contribution is -2.10. The van der Waals surface area contributed by atoms with Crippen molar-refractivity contribution < 1.29 is 8.78 Å². The summed E-state index contributed by atoms with van der Waals surface area (Å²) in [6, 6.07) is 8.89. The van der Waals surface area contributed by atoms with Crippen LogP contribution in [0.15, 0.2) is 36.4 Å². The van der Waals surface area contributed by atoms with E-state index in [4.69, 9.17) is 5.73 Å². The van der Waals surface area contributed by atoms with E-state index in [0.29, 0.717) is 11.1 Å². The van der Waals surface area contributed by atoms with Crippen molar-refractivity contribution in [2.75, 3.05) is 0 Å². The first-order chi connectivity index (χ1) is 7.70. The Morgan fingerprint density at radius 2 is 1.62 bits per heavy atom. The Morgan fingerprint density at radius 1 is 0.938 bits per heavy atom. The molecule has 2 N–H and O–H groups in total. The minimum absolute atomic E-state index is 0.265. The van der Waals surface area contributed by atoms with Gasteiger partial charge >= 0.3 is 0 Å². The van der Waals surface area contributed by atoms with Gasteiger partial charge in [0.25, 0.3) is 0 Å². The summed E-state index contributed by atoms with van der Waals surface area (Å²) < 4.78 is 27.3. The van der Waals surface area contributed by atoms with Gasteiger partial charge in [-0.25, -0.2) is 8.78 Å². The van der Waals surface area contributed by atoms with Crippen LogP contribution in [0.25, 0.3) is 11.1 Å². The minimum Gasteiger partial charge on any atom is -0.320 e. The van der Waals surface area contributed by atoms with Crippen molar-refractivity contribution in [1.29, 1.82) is 0 Å². The fraction of sp³-hybridized carbons (Fsp3) is 0.0769. The van der Waals surface area contributed by atoms with E-state index in [1.54, 1.807) is 18.2 Å². The number of nitrogens with two attached hydrogens (primary N) is 1. The van der Waals surface area contributed by atoms with Crippen LogP contribution in [0.1, 0.15) is 17.2 Å². The molecule has 0 saturated heterocycles. The lowest BCUT2D eigenvalue weighted by atomic mass is 10.0. The third kappa shape index (κ3) is 1.06. The van der Waals surface area contributed by atoms with Crippen molar-refractivity contribution in [3.63, 3.8) is 0 Å². The Bertz CT molecular complexity index is 578. The minimum atomic E-state index is -0.568. The van der Waals surface area contributed by atoms with Crippen LogP contribution < -0.4 is 5.73 Å². The first kappa shape index (κ1) is 9.48. The molecule has 2 aromatic carbocycles. The zero-order valence-electron chi connectivity index (χ0n) is 8.37. The van der Waals surface area contributed by atoms with Crippen LogP contribution in [-0.4, -0.2) is 0 Å². The second-order valence-electron chi connectivity index (χ2n) is 3.88.